The van der Waals surface area contributed by atoms with Gasteiger partial charge in [0.2, 0.25) is 0 Å². The van der Waals surface area contributed by atoms with Gasteiger partial charge in [0, 0.05) is 11.3 Å². The zero-order valence-electron chi connectivity index (χ0n) is 19.9. The number of hydrogen-bond acceptors (Lipinski definition) is 5. The van der Waals surface area contributed by atoms with Gasteiger partial charge in [-0.2, -0.15) is 0 Å². The van der Waals surface area contributed by atoms with Crippen molar-refractivity contribution in [1.29, 1.82) is 0 Å². The molecule has 168 valence electrons. The van der Waals surface area contributed by atoms with Crippen LogP contribution in [0.5, 0.6) is 0 Å². The molecule has 0 atom stereocenters. The molecule has 0 bridgehead atoms. The monoisotopic (exact) mass is 435 g/mol. The fourth-order valence-electron chi connectivity index (χ4n) is 4.65. The Morgan fingerprint density at radius 3 is 2.16 bits per heavy atom. The largest absolute Gasteiger partial charge is 0.462 e. The maximum atomic E-state index is 12.6. The number of benzene rings is 1. The summed E-state index contributed by atoms with van der Waals surface area (Å²) < 4.78 is 5.26. The van der Waals surface area contributed by atoms with Crippen LogP contribution in [0.4, 0.5) is 0 Å². The number of carbonyl (C=O) groups excluding carboxylic acids is 1. The van der Waals surface area contributed by atoms with Crippen LogP contribution in [0.3, 0.4) is 0 Å². The van der Waals surface area contributed by atoms with Crippen LogP contribution in [0.2, 0.25) is 0 Å². The van der Waals surface area contributed by atoms with Crippen LogP contribution in [0.25, 0.3) is 5.57 Å². The standard InChI is InChI=1S/C25H29N3O4/c1-9-32-25(29)20-15(5)22(26-17(20)7)21(19-13(3)10-12(2)11-14(19)4)23-16(6)24(28(30)31)18(8)27-23/h10-11,26H,9H2,1-8H3. The molecule has 1 N–H and O–H groups in total. The Bertz CT molecular complexity index is 1220. The molecule has 32 heavy (non-hydrogen) atoms. The maximum Gasteiger partial charge on any atom is 0.340 e. The molecule has 0 radical (unpaired) electrons. The summed E-state index contributed by atoms with van der Waals surface area (Å²) in [5.74, 6) is -0.393. The van der Waals surface area contributed by atoms with Gasteiger partial charge in [-0.25, -0.2) is 9.79 Å². The molecule has 0 saturated carbocycles. The number of rotatable bonds is 5. The van der Waals surface area contributed by atoms with Crippen LogP contribution in [0.15, 0.2) is 34.1 Å². The van der Waals surface area contributed by atoms with Crippen LogP contribution in [0, 0.1) is 44.7 Å². The zero-order valence-corrected chi connectivity index (χ0v) is 19.9. The van der Waals surface area contributed by atoms with Gasteiger partial charge < -0.3 is 9.72 Å². The lowest BCUT2D eigenvalue weighted by Crippen LogP contribution is -2.07. The summed E-state index contributed by atoms with van der Waals surface area (Å²) in [5.41, 5.74) is 8.96. The molecule has 0 saturated heterocycles. The maximum absolute atomic E-state index is 12.6. The van der Waals surface area contributed by atoms with E-state index in [1.54, 1.807) is 20.8 Å². The molecule has 0 fully saturated rings. The first-order valence-corrected chi connectivity index (χ1v) is 10.6. The zero-order chi connectivity index (χ0) is 23.9. The van der Waals surface area contributed by atoms with Crippen LogP contribution in [0.1, 0.15) is 70.3 Å². The van der Waals surface area contributed by atoms with Gasteiger partial charge in [-0.15, -0.1) is 0 Å². The lowest BCUT2D eigenvalue weighted by atomic mass is 9.88. The van der Waals surface area contributed by atoms with Crippen LogP contribution in [-0.4, -0.2) is 28.2 Å². The molecule has 0 unspecified atom stereocenters. The van der Waals surface area contributed by atoms with Crippen molar-refractivity contribution < 1.29 is 14.5 Å². The predicted octanol–water partition coefficient (Wildman–Crippen LogP) is 5.52. The van der Waals surface area contributed by atoms with E-state index in [4.69, 9.17) is 4.74 Å². The van der Waals surface area contributed by atoms with E-state index in [0.717, 1.165) is 39.1 Å². The number of hydrogen-bond donors (Lipinski definition) is 1. The number of nitro groups is 1. The van der Waals surface area contributed by atoms with Crippen molar-refractivity contribution in [2.75, 3.05) is 6.61 Å². The molecule has 0 amide bonds. The number of allylic oxidation sites excluding steroid dienone is 2. The molecule has 0 aliphatic carbocycles. The van der Waals surface area contributed by atoms with E-state index in [9.17, 15) is 14.9 Å². The highest BCUT2D eigenvalue weighted by molar-refractivity contribution is 6.04. The smallest absolute Gasteiger partial charge is 0.340 e. The van der Waals surface area contributed by atoms with Crippen LogP contribution in [-0.2, 0) is 4.74 Å². The summed E-state index contributed by atoms with van der Waals surface area (Å²) in [6.45, 7) is 15.2. The fourth-order valence-corrected chi connectivity index (χ4v) is 4.65. The van der Waals surface area contributed by atoms with Gasteiger partial charge in [0.05, 0.1) is 34.1 Å². The summed E-state index contributed by atoms with van der Waals surface area (Å²) in [6.07, 6.45) is 0. The number of aliphatic imine (C=N–C) groups is 1. The first kappa shape index (κ1) is 23.2. The number of nitrogens with zero attached hydrogens (tertiary/aromatic N) is 2. The van der Waals surface area contributed by atoms with Gasteiger partial charge in [-0.05, 0) is 77.6 Å². The third kappa shape index (κ3) is 3.79. The number of aromatic nitrogens is 1. The minimum Gasteiger partial charge on any atom is -0.462 e. The summed E-state index contributed by atoms with van der Waals surface area (Å²) in [7, 11) is 0. The number of H-pyrrole nitrogens is 1. The Morgan fingerprint density at radius 2 is 1.66 bits per heavy atom. The van der Waals surface area contributed by atoms with Crippen molar-refractivity contribution >= 4 is 17.3 Å². The second kappa shape index (κ2) is 8.57. The second-order valence-corrected chi connectivity index (χ2v) is 8.27. The van der Waals surface area contributed by atoms with Crippen molar-refractivity contribution in [2.24, 2.45) is 4.99 Å². The molecule has 1 aromatic carbocycles. The van der Waals surface area contributed by atoms with Gasteiger partial charge in [-0.3, -0.25) is 10.1 Å². The molecule has 1 aromatic heterocycles. The highest BCUT2D eigenvalue weighted by atomic mass is 16.6. The fraction of sp³-hybridized carbons (Fsp3) is 0.360. The molecule has 0 spiro atoms. The molecule has 7 heteroatoms. The van der Waals surface area contributed by atoms with Crippen molar-refractivity contribution in [1.82, 2.24) is 4.98 Å². The van der Waals surface area contributed by atoms with Gasteiger partial charge in [-0.1, -0.05) is 17.7 Å². The molecular weight excluding hydrogens is 406 g/mol. The molecule has 1 aliphatic heterocycles. The third-order valence-corrected chi connectivity index (χ3v) is 5.85. The third-order valence-electron chi connectivity index (χ3n) is 5.85. The SMILES string of the molecule is CCOC(=O)c1c(C)[nH]c(C(=C2N=C(C)C([N+](=O)[O-])=C2C)c2c(C)cc(C)cc2C)c1C. The summed E-state index contributed by atoms with van der Waals surface area (Å²) in [5, 5.41) is 11.7. The molecular formula is C25H29N3O4. The van der Waals surface area contributed by atoms with E-state index in [1.807, 2.05) is 34.6 Å². The molecule has 1 aliphatic rings. The van der Waals surface area contributed by atoms with E-state index < -0.39 is 5.97 Å². The van der Waals surface area contributed by atoms with E-state index in [-0.39, 0.29) is 17.2 Å². The number of aryl methyl sites for hydroxylation is 4. The van der Waals surface area contributed by atoms with Crippen molar-refractivity contribution in [3.05, 3.63) is 84.0 Å². The number of aromatic amines is 1. The number of ether oxygens (including phenoxy) is 1. The van der Waals surface area contributed by atoms with Gasteiger partial charge in [0.15, 0.2) is 0 Å². The Labute approximate surface area is 188 Å². The Hall–Kier alpha value is -3.48. The summed E-state index contributed by atoms with van der Waals surface area (Å²) in [6, 6.07) is 4.17. The molecule has 2 aromatic rings. The second-order valence-electron chi connectivity index (χ2n) is 8.27. The Morgan fingerprint density at radius 1 is 1.06 bits per heavy atom. The summed E-state index contributed by atoms with van der Waals surface area (Å²) >= 11 is 0. The van der Waals surface area contributed by atoms with Crippen molar-refractivity contribution in [3.8, 4) is 0 Å². The molecule has 3 rings (SSSR count). The van der Waals surface area contributed by atoms with Crippen LogP contribution >= 0.6 is 0 Å². The molecule has 7 nitrogen and oxygen atoms in total. The van der Waals surface area contributed by atoms with Gasteiger partial charge >= 0.3 is 5.97 Å². The van der Waals surface area contributed by atoms with Gasteiger partial charge in [0.1, 0.15) is 5.71 Å². The topological polar surface area (TPSA) is 97.6 Å². The molecule has 2 heterocycles. The lowest BCUT2D eigenvalue weighted by Gasteiger charge is -2.17. The minimum atomic E-state index is -0.393. The Balaban J connectivity index is 2.45. The quantitative estimate of drug-likeness (QED) is 0.380. The lowest BCUT2D eigenvalue weighted by molar-refractivity contribution is -0.415. The first-order chi connectivity index (χ1) is 15.0. The Kier molecular flexibility index (Phi) is 6.21. The van der Waals surface area contributed by atoms with E-state index >= 15 is 0 Å². The van der Waals surface area contributed by atoms with E-state index in [1.165, 1.54) is 0 Å². The average molecular weight is 436 g/mol. The number of nitrogens with one attached hydrogen (secondary N) is 1. The first-order valence-electron chi connectivity index (χ1n) is 10.6. The van der Waals surface area contributed by atoms with E-state index in [0.29, 0.717) is 28.2 Å². The van der Waals surface area contributed by atoms with E-state index in [2.05, 4.69) is 22.1 Å². The van der Waals surface area contributed by atoms with Crippen molar-refractivity contribution in [3.63, 3.8) is 0 Å². The predicted molar refractivity (Wildman–Crippen MR) is 126 cm³/mol. The van der Waals surface area contributed by atoms with Gasteiger partial charge in [0.25, 0.3) is 5.70 Å². The number of carbonyl (C=O) groups is 1. The number of esters is 1. The average Bonchev–Trinajstić information content (AvgIpc) is 3.13. The summed E-state index contributed by atoms with van der Waals surface area (Å²) in [4.78, 5) is 31.9. The minimum absolute atomic E-state index is 0.0199. The highest BCUT2D eigenvalue weighted by Gasteiger charge is 2.33. The van der Waals surface area contributed by atoms with Crippen molar-refractivity contribution in [2.45, 2.75) is 55.4 Å². The van der Waals surface area contributed by atoms with Crippen LogP contribution < -0.4 is 0 Å². The highest BCUT2D eigenvalue weighted by Crippen LogP contribution is 2.40. The normalized spacial score (nSPS) is 15.2.